The van der Waals surface area contributed by atoms with Gasteiger partial charge in [-0.25, -0.2) is 4.79 Å². The van der Waals surface area contributed by atoms with Crippen molar-refractivity contribution in [2.24, 2.45) is 0 Å². The lowest BCUT2D eigenvalue weighted by atomic mass is 10.0. The quantitative estimate of drug-likeness (QED) is 0.205. The molecule has 0 aliphatic heterocycles. The highest BCUT2D eigenvalue weighted by Gasteiger charge is 2.17. The highest BCUT2D eigenvalue weighted by molar-refractivity contribution is 5.92. The number of aromatic hydroxyl groups is 1. The molecule has 0 atom stereocenters. The second-order valence-corrected chi connectivity index (χ2v) is 8.47. The van der Waals surface area contributed by atoms with Gasteiger partial charge in [0.2, 0.25) is 0 Å². The number of aromatic carboxylic acids is 1. The number of carbonyl (C=O) groups excluding carboxylic acids is 2. The third-order valence-corrected chi connectivity index (χ3v) is 5.56. The van der Waals surface area contributed by atoms with Crippen LogP contribution in [0, 0.1) is 0 Å². The van der Waals surface area contributed by atoms with Crippen LogP contribution >= 0.6 is 0 Å². The maximum absolute atomic E-state index is 11.5. The second kappa shape index (κ2) is 12.1. The first-order valence-corrected chi connectivity index (χ1v) is 11.8. The monoisotopic (exact) mass is 494 g/mol. The van der Waals surface area contributed by atoms with Crippen molar-refractivity contribution >= 4 is 28.7 Å². The van der Waals surface area contributed by atoms with E-state index >= 15 is 0 Å². The summed E-state index contributed by atoms with van der Waals surface area (Å²) in [6, 6.07) is 12.2. The Morgan fingerprint density at radius 1 is 0.806 bits per heavy atom. The van der Waals surface area contributed by atoms with Crippen LogP contribution in [0.2, 0.25) is 0 Å². The average Bonchev–Trinajstić information content (AvgIpc) is 2.80. The molecule has 0 bridgehead atoms. The molecule has 0 heterocycles. The molecule has 0 unspecified atom stereocenters. The summed E-state index contributed by atoms with van der Waals surface area (Å²) < 4.78 is 16.3. The number of unbranched alkanes of at least 4 members (excludes halogenated alkanes) is 1. The van der Waals surface area contributed by atoms with E-state index < -0.39 is 17.9 Å². The third kappa shape index (κ3) is 6.75. The molecule has 3 aromatic rings. The summed E-state index contributed by atoms with van der Waals surface area (Å²) in [5, 5.41) is 21.3. The first-order chi connectivity index (χ1) is 17.2. The van der Waals surface area contributed by atoms with Crippen molar-refractivity contribution in [3.8, 4) is 23.0 Å². The van der Waals surface area contributed by atoms with Gasteiger partial charge >= 0.3 is 17.9 Å². The molecular formula is C28H30O8. The maximum atomic E-state index is 11.5. The van der Waals surface area contributed by atoms with Gasteiger partial charge in [0.15, 0.2) is 11.5 Å². The standard InChI is InChI=1S/C28H30O8/c1-4-7-22-24(12-11-23(27(22)31)28(32)33)34-13-6-5-8-19-9-10-20-15-25(35-17(2)29)26(36-18(3)30)16-21(20)14-19/h9-12,14-16,31H,4-8,13H2,1-3H3,(H,32,33). The Morgan fingerprint density at radius 3 is 2.08 bits per heavy atom. The minimum absolute atomic E-state index is 0.126. The van der Waals surface area contributed by atoms with Crippen molar-refractivity contribution in [1.29, 1.82) is 0 Å². The normalized spacial score (nSPS) is 10.8. The molecule has 0 saturated carbocycles. The summed E-state index contributed by atoms with van der Waals surface area (Å²) in [4.78, 5) is 34.2. The van der Waals surface area contributed by atoms with E-state index in [1.165, 1.54) is 19.9 Å². The van der Waals surface area contributed by atoms with Gasteiger partial charge in [-0.2, -0.15) is 0 Å². The fourth-order valence-corrected chi connectivity index (χ4v) is 3.96. The molecule has 0 aliphatic carbocycles. The SMILES string of the molecule is CCCc1c(OCCCCc2ccc3cc(OC(C)=O)c(OC(C)=O)cc3c2)ccc(C(=O)O)c1O. The number of aryl methyl sites for hydroxylation is 1. The summed E-state index contributed by atoms with van der Waals surface area (Å²) in [7, 11) is 0. The molecular weight excluding hydrogens is 464 g/mol. The number of carbonyl (C=O) groups is 3. The van der Waals surface area contributed by atoms with Crippen molar-refractivity contribution in [2.45, 2.75) is 52.9 Å². The van der Waals surface area contributed by atoms with Crippen molar-refractivity contribution in [3.05, 3.63) is 59.2 Å². The van der Waals surface area contributed by atoms with E-state index in [1.807, 2.05) is 25.1 Å². The van der Waals surface area contributed by atoms with Gasteiger partial charge in [-0.05, 0) is 66.3 Å². The summed E-state index contributed by atoms with van der Waals surface area (Å²) in [5.41, 5.74) is 1.48. The molecule has 0 saturated heterocycles. The topological polar surface area (TPSA) is 119 Å². The molecule has 0 aliphatic rings. The number of esters is 2. The highest BCUT2D eigenvalue weighted by Crippen LogP contribution is 2.34. The lowest BCUT2D eigenvalue weighted by molar-refractivity contribution is -0.134. The second-order valence-electron chi connectivity index (χ2n) is 8.47. The Balaban J connectivity index is 1.64. The lowest BCUT2D eigenvalue weighted by Crippen LogP contribution is -2.07. The predicted molar refractivity (Wildman–Crippen MR) is 134 cm³/mol. The van der Waals surface area contributed by atoms with Gasteiger partial charge in [-0.15, -0.1) is 0 Å². The molecule has 0 fully saturated rings. The number of rotatable bonds is 11. The van der Waals surface area contributed by atoms with Gasteiger partial charge in [0.05, 0.1) is 6.61 Å². The summed E-state index contributed by atoms with van der Waals surface area (Å²) in [6.07, 6.45) is 3.66. The number of hydrogen-bond acceptors (Lipinski definition) is 7. The Labute approximate surface area is 209 Å². The van der Waals surface area contributed by atoms with Gasteiger partial charge in [0, 0.05) is 19.4 Å². The smallest absolute Gasteiger partial charge is 0.339 e. The van der Waals surface area contributed by atoms with Gasteiger partial charge < -0.3 is 24.4 Å². The van der Waals surface area contributed by atoms with E-state index in [4.69, 9.17) is 14.2 Å². The zero-order valence-corrected chi connectivity index (χ0v) is 20.6. The maximum Gasteiger partial charge on any atom is 0.339 e. The van der Waals surface area contributed by atoms with Gasteiger partial charge in [-0.1, -0.05) is 31.5 Å². The lowest BCUT2D eigenvalue weighted by Gasteiger charge is -2.14. The number of carboxylic acid groups (broad SMARTS) is 1. The van der Waals surface area contributed by atoms with Crippen molar-refractivity contribution in [3.63, 3.8) is 0 Å². The summed E-state index contributed by atoms with van der Waals surface area (Å²) in [5.74, 6) is -1.52. The third-order valence-electron chi connectivity index (χ3n) is 5.56. The fourth-order valence-electron chi connectivity index (χ4n) is 3.96. The Hall–Kier alpha value is -4.07. The summed E-state index contributed by atoms with van der Waals surface area (Å²) in [6.45, 7) is 4.95. The first kappa shape index (κ1) is 26.5. The van der Waals surface area contributed by atoms with E-state index in [-0.39, 0.29) is 22.8 Å². The molecule has 8 heteroatoms. The number of carboxylic acids is 1. The average molecular weight is 495 g/mol. The number of benzene rings is 3. The van der Waals surface area contributed by atoms with Crippen LogP contribution in [0.5, 0.6) is 23.0 Å². The van der Waals surface area contributed by atoms with Crippen molar-refractivity contribution < 1.29 is 38.8 Å². The van der Waals surface area contributed by atoms with Crippen LogP contribution in [0.4, 0.5) is 0 Å². The van der Waals surface area contributed by atoms with E-state index in [1.54, 1.807) is 18.2 Å². The summed E-state index contributed by atoms with van der Waals surface area (Å²) >= 11 is 0. The van der Waals surface area contributed by atoms with Gasteiger partial charge in [0.25, 0.3) is 0 Å². The van der Waals surface area contributed by atoms with Crippen LogP contribution < -0.4 is 14.2 Å². The van der Waals surface area contributed by atoms with Crippen LogP contribution in [0.3, 0.4) is 0 Å². The molecule has 2 N–H and O–H groups in total. The van der Waals surface area contributed by atoms with Crippen LogP contribution in [0.15, 0.2) is 42.5 Å². The molecule has 0 spiro atoms. The van der Waals surface area contributed by atoms with Crippen molar-refractivity contribution in [2.75, 3.05) is 6.61 Å². The molecule has 0 aromatic heterocycles. The molecule has 0 radical (unpaired) electrons. The van der Waals surface area contributed by atoms with E-state index in [2.05, 4.69) is 0 Å². The van der Waals surface area contributed by atoms with Crippen LogP contribution in [0.25, 0.3) is 10.8 Å². The van der Waals surface area contributed by atoms with Gasteiger partial charge in [-0.3, -0.25) is 9.59 Å². The largest absolute Gasteiger partial charge is 0.507 e. The van der Waals surface area contributed by atoms with Crippen molar-refractivity contribution in [1.82, 2.24) is 0 Å². The molecule has 0 amide bonds. The zero-order chi connectivity index (χ0) is 26.2. The molecule has 3 aromatic carbocycles. The molecule has 36 heavy (non-hydrogen) atoms. The zero-order valence-electron chi connectivity index (χ0n) is 20.6. The van der Waals surface area contributed by atoms with E-state index in [9.17, 15) is 24.6 Å². The number of hydrogen-bond donors (Lipinski definition) is 2. The predicted octanol–water partition coefficient (Wildman–Crippen LogP) is 5.45. The number of fused-ring (bicyclic) bond motifs is 1. The van der Waals surface area contributed by atoms with Crippen LogP contribution in [0.1, 0.15) is 61.5 Å². The molecule has 3 rings (SSSR count). The molecule has 8 nitrogen and oxygen atoms in total. The van der Waals surface area contributed by atoms with Crippen LogP contribution in [-0.2, 0) is 22.4 Å². The fraction of sp³-hybridized carbons (Fsp3) is 0.321. The molecule has 190 valence electrons. The number of phenols is 1. The Bertz CT molecular complexity index is 1280. The Kier molecular flexibility index (Phi) is 8.89. The Morgan fingerprint density at radius 2 is 1.47 bits per heavy atom. The number of ether oxygens (including phenoxy) is 3. The first-order valence-electron chi connectivity index (χ1n) is 11.8. The van der Waals surface area contributed by atoms with E-state index in [0.29, 0.717) is 24.3 Å². The van der Waals surface area contributed by atoms with Crippen LogP contribution in [-0.4, -0.2) is 34.7 Å². The highest BCUT2D eigenvalue weighted by atomic mass is 16.6. The van der Waals surface area contributed by atoms with E-state index in [0.717, 1.165) is 42.0 Å². The minimum atomic E-state index is -1.17. The minimum Gasteiger partial charge on any atom is -0.507 e. The van der Waals surface area contributed by atoms with Gasteiger partial charge in [0.1, 0.15) is 17.1 Å².